The lowest BCUT2D eigenvalue weighted by atomic mass is 10.3. The van der Waals surface area contributed by atoms with Gasteiger partial charge in [-0.3, -0.25) is 4.79 Å². The van der Waals surface area contributed by atoms with Crippen LogP contribution < -0.4 is 15.0 Å². The normalized spacial score (nSPS) is 15.3. The van der Waals surface area contributed by atoms with Crippen LogP contribution >= 0.6 is 24.0 Å². The Hall–Kier alpha value is -1.31. The van der Waals surface area contributed by atoms with Crippen molar-refractivity contribution >= 4 is 39.9 Å². The number of amides is 1. The molecule has 2 N–H and O–H groups in total. The summed E-state index contributed by atoms with van der Waals surface area (Å²) in [5.74, 6) is 0.945. The number of benzene rings is 1. The maximum atomic E-state index is 12.1. The molecule has 0 bridgehead atoms. The zero-order chi connectivity index (χ0) is 16.7. The Morgan fingerprint density at radius 1 is 1.39 bits per heavy atom. The van der Waals surface area contributed by atoms with E-state index in [0.29, 0.717) is 23.8 Å². The number of para-hydroxylation sites is 2. The second kappa shape index (κ2) is 9.10. The molecule has 0 aromatic heterocycles. The van der Waals surface area contributed by atoms with Gasteiger partial charge in [0.15, 0.2) is 0 Å². The van der Waals surface area contributed by atoms with Gasteiger partial charge in [-0.05, 0) is 19.1 Å². The Labute approximate surface area is 147 Å². The van der Waals surface area contributed by atoms with Gasteiger partial charge in [0.1, 0.15) is 10.1 Å². The molecule has 5 nitrogen and oxygen atoms in total. The first kappa shape index (κ1) is 18.0. The van der Waals surface area contributed by atoms with Gasteiger partial charge in [0.25, 0.3) is 0 Å². The van der Waals surface area contributed by atoms with Crippen molar-refractivity contribution in [1.82, 2.24) is 4.90 Å². The lowest BCUT2D eigenvalue weighted by Gasteiger charge is -2.31. The van der Waals surface area contributed by atoms with Crippen molar-refractivity contribution in [3.63, 3.8) is 0 Å². The largest absolute Gasteiger partial charge is 0.492 e. The third kappa shape index (κ3) is 5.67. The van der Waals surface area contributed by atoms with E-state index in [-0.39, 0.29) is 5.91 Å². The lowest BCUT2D eigenvalue weighted by molar-refractivity contribution is -0.883. The summed E-state index contributed by atoms with van der Waals surface area (Å²) in [6.07, 6.45) is 0. The molecule has 0 atom stereocenters. The minimum atomic E-state index is -0.0655. The molecule has 7 heteroatoms. The quantitative estimate of drug-likeness (QED) is 0.769. The Bertz CT molecular complexity index is 546. The fourth-order valence-electron chi connectivity index (χ4n) is 2.33. The minimum absolute atomic E-state index is 0.0655. The second-order valence-corrected chi connectivity index (χ2v) is 7.09. The van der Waals surface area contributed by atoms with E-state index >= 15 is 0 Å². The summed E-state index contributed by atoms with van der Waals surface area (Å²) in [6, 6.07) is 7.46. The molecule has 1 saturated heterocycles. The molecule has 1 aliphatic rings. The summed E-state index contributed by atoms with van der Waals surface area (Å²) >= 11 is 6.86. The lowest BCUT2D eigenvalue weighted by Crippen LogP contribution is -3.12. The number of hydrogen-bond donors (Lipinski definition) is 2. The summed E-state index contributed by atoms with van der Waals surface area (Å²) < 4.78 is 6.32. The average molecular weight is 355 g/mol. The van der Waals surface area contributed by atoms with Crippen LogP contribution in [-0.2, 0) is 4.79 Å². The van der Waals surface area contributed by atoms with E-state index in [1.54, 1.807) is 0 Å². The number of anilines is 1. The molecule has 1 aromatic rings. The number of ether oxygens (including phenoxy) is 1. The molecule has 1 heterocycles. The van der Waals surface area contributed by atoms with E-state index in [0.717, 1.165) is 30.5 Å². The standard InChI is InChI=1S/C16H23N3O2S2/c1-3-21-14-7-5-4-6-13(14)17-15(20)12-23-16(22)19-10-8-18(2)9-11-19/h4-7H,3,8-12H2,1-2H3,(H,17,20)/p+1. The molecule has 0 aliphatic carbocycles. The molecule has 23 heavy (non-hydrogen) atoms. The van der Waals surface area contributed by atoms with Gasteiger partial charge in [-0.15, -0.1) is 0 Å². The molecule has 1 aliphatic heterocycles. The highest BCUT2D eigenvalue weighted by Crippen LogP contribution is 2.24. The highest BCUT2D eigenvalue weighted by molar-refractivity contribution is 8.23. The van der Waals surface area contributed by atoms with Crippen LogP contribution in [0.5, 0.6) is 5.75 Å². The van der Waals surface area contributed by atoms with E-state index in [1.807, 2.05) is 31.2 Å². The molecule has 1 amide bonds. The van der Waals surface area contributed by atoms with Gasteiger partial charge in [0, 0.05) is 0 Å². The molecule has 2 rings (SSSR count). The first-order chi connectivity index (χ1) is 11.1. The van der Waals surface area contributed by atoms with Crippen molar-refractivity contribution in [2.45, 2.75) is 6.92 Å². The van der Waals surface area contributed by atoms with Crippen molar-refractivity contribution in [3.05, 3.63) is 24.3 Å². The fourth-order valence-corrected chi connectivity index (χ4v) is 3.38. The molecule has 1 fully saturated rings. The maximum absolute atomic E-state index is 12.1. The molecule has 0 unspecified atom stereocenters. The predicted molar refractivity (Wildman–Crippen MR) is 99.5 cm³/mol. The van der Waals surface area contributed by atoms with Crippen molar-refractivity contribution < 1.29 is 14.4 Å². The maximum Gasteiger partial charge on any atom is 0.234 e. The predicted octanol–water partition coefficient (Wildman–Crippen LogP) is 0.872. The van der Waals surface area contributed by atoms with Crippen LogP contribution in [0.2, 0.25) is 0 Å². The van der Waals surface area contributed by atoms with Crippen molar-refractivity contribution in [1.29, 1.82) is 0 Å². The molecule has 0 saturated carbocycles. The summed E-state index contributed by atoms with van der Waals surface area (Å²) in [5, 5.41) is 2.89. The first-order valence-electron chi connectivity index (χ1n) is 7.85. The molecular formula is C16H24N3O2S2+. The first-order valence-corrected chi connectivity index (χ1v) is 9.24. The third-order valence-corrected chi connectivity index (χ3v) is 5.19. The Balaban J connectivity index is 1.80. The number of quaternary nitrogens is 1. The topological polar surface area (TPSA) is 46.0 Å². The average Bonchev–Trinajstić information content (AvgIpc) is 2.55. The number of carbonyl (C=O) groups is 1. The number of carbonyl (C=O) groups excluding carboxylic acids is 1. The van der Waals surface area contributed by atoms with Crippen LogP contribution in [0.15, 0.2) is 24.3 Å². The monoisotopic (exact) mass is 354 g/mol. The van der Waals surface area contributed by atoms with Crippen LogP contribution in [0, 0.1) is 0 Å². The van der Waals surface area contributed by atoms with Gasteiger partial charge in [0.05, 0.1) is 51.3 Å². The summed E-state index contributed by atoms with van der Waals surface area (Å²) in [7, 11) is 2.19. The van der Waals surface area contributed by atoms with Crippen LogP contribution in [0.3, 0.4) is 0 Å². The molecule has 0 radical (unpaired) electrons. The highest BCUT2D eigenvalue weighted by atomic mass is 32.2. The number of nitrogens with zero attached hydrogens (tertiary/aromatic N) is 1. The number of nitrogens with one attached hydrogen (secondary N) is 2. The SMILES string of the molecule is CCOc1ccccc1NC(=O)CSC(=S)N1CC[NH+](C)CC1. The second-order valence-electron chi connectivity index (χ2n) is 5.48. The summed E-state index contributed by atoms with van der Waals surface area (Å²) in [5.41, 5.74) is 0.703. The fraction of sp³-hybridized carbons (Fsp3) is 0.500. The van der Waals surface area contributed by atoms with E-state index in [1.165, 1.54) is 16.7 Å². The van der Waals surface area contributed by atoms with Crippen LogP contribution in [-0.4, -0.2) is 60.7 Å². The zero-order valence-electron chi connectivity index (χ0n) is 13.6. The van der Waals surface area contributed by atoms with E-state index in [4.69, 9.17) is 17.0 Å². The van der Waals surface area contributed by atoms with Crippen molar-refractivity contribution in [3.8, 4) is 5.75 Å². The van der Waals surface area contributed by atoms with E-state index in [2.05, 4.69) is 17.3 Å². The Morgan fingerprint density at radius 2 is 2.09 bits per heavy atom. The van der Waals surface area contributed by atoms with Gasteiger partial charge in [-0.25, -0.2) is 0 Å². The Kier molecular flexibility index (Phi) is 7.14. The minimum Gasteiger partial charge on any atom is -0.492 e. The van der Waals surface area contributed by atoms with Crippen molar-refractivity contribution in [2.75, 3.05) is 50.9 Å². The number of thiocarbonyl (C=S) groups is 1. The number of piperazine rings is 1. The van der Waals surface area contributed by atoms with E-state index < -0.39 is 0 Å². The molecule has 126 valence electrons. The smallest absolute Gasteiger partial charge is 0.234 e. The molecule has 0 spiro atoms. The Morgan fingerprint density at radius 3 is 2.78 bits per heavy atom. The van der Waals surface area contributed by atoms with Gasteiger partial charge in [-0.1, -0.05) is 36.1 Å². The zero-order valence-corrected chi connectivity index (χ0v) is 15.3. The highest BCUT2D eigenvalue weighted by Gasteiger charge is 2.19. The van der Waals surface area contributed by atoms with Crippen molar-refractivity contribution in [2.24, 2.45) is 0 Å². The van der Waals surface area contributed by atoms with Gasteiger partial charge >= 0.3 is 0 Å². The summed E-state index contributed by atoms with van der Waals surface area (Å²) in [6.45, 7) is 6.60. The van der Waals surface area contributed by atoms with Gasteiger partial charge in [0.2, 0.25) is 5.91 Å². The summed E-state index contributed by atoms with van der Waals surface area (Å²) in [4.78, 5) is 15.9. The van der Waals surface area contributed by atoms with Gasteiger partial charge < -0.3 is 19.9 Å². The third-order valence-electron chi connectivity index (χ3n) is 3.66. The van der Waals surface area contributed by atoms with Crippen LogP contribution in [0.1, 0.15) is 6.92 Å². The van der Waals surface area contributed by atoms with E-state index in [9.17, 15) is 4.79 Å². The van der Waals surface area contributed by atoms with Crippen LogP contribution in [0.4, 0.5) is 5.69 Å². The van der Waals surface area contributed by atoms with Crippen LogP contribution in [0.25, 0.3) is 0 Å². The molecule has 1 aromatic carbocycles. The molecular weight excluding hydrogens is 330 g/mol. The number of hydrogen-bond acceptors (Lipinski definition) is 4. The number of likely N-dealkylation sites (N-methyl/N-ethyl adjacent to an activating group) is 1. The number of rotatable bonds is 5. The number of thioether (sulfide) groups is 1. The van der Waals surface area contributed by atoms with Gasteiger partial charge in [-0.2, -0.15) is 0 Å².